The summed E-state index contributed by atoms with van der Waals surface area (Å²) in [6, 6.07) is 6.26. The van der Waals surface area contributed by atoms with Crippen LogP contribution in [0.4, 0.5) is 5.69 Å². The second-order valence-electron chi connectivity index (χ2n) is 5.77. The Bertz CT molecular complexity index is 837. The van der Waals surface area contributed by atoms with E-state index in [-0.39, 0.29) is 18.6 Å². The quantitative estimate of drug-likeness (QED) is 0.579. The van der Waals surface area contributed by atoms with Crippen molar-refractivity contribution in [2.24, 2.45) is 5.10 Å². The van der Waals surface area contributed by atoms with E-state index < -0.39 is 29.2 Å². The second kappa shape index (κ2) is 5.96. The summed E-state index contributed by atoms with van der Waals surface area (Å²) in [6.45, 7) is 1.21. The molecular weight excluding hydrogens is 350 g/mol. The van der Waals surface area contributed by atoms with Crippen LogP contribution in [0.3, 0.4) is 0 Å². The molecule has 0 aromatic heterocycles. The van der Waals surface area contributed by atoms with Gasteiger partial charge in [0.25, 0.3) is 5.91 Å². The third-order valence-electron chi connectivity index (χ3n) is 4.17. The fourth-order valence-corrected chi connectivity index (χ4v) is 3.30. The summed E-state index contributed by atoms with van der Waals surface area (Å²) in [5.74, 6) is -2.42. The Morgan fingerprint density at radius 2 is 2.00 bits per heavy atom. The van der Waals surface area contributed by atoms with Crippen LogP contribution in [0.5, 0.6) is 0 Å². The lowest BCUT2D eigenvalue weighted by atomic mass is 9.91. The van der Waals surface area contributed by atoms with Gasteiger partial charge in [0.15, 0.2) is 5.54 Å². The molecule has 1 atom stereocenters. The summed E-state index contributed by atoms with van der Waals surface area (Å²) in [5, 5.41) is 5.19. The molecule has 8 nitrogen and oxygen atoms in total. The maximum atomic E-state index is 13.1. The summed E-state index contributed by atoms with van der Waals surface area (Å²) in [5.41, 5.74) is -1.32. The Labute approximate surface area is 148 Å². The number of ether oxygens (including phenoxy) is 1. The average molecular weight is 364 g/mol. The molecule has 1 aromatic carbocycles. The van der Waals surface area contributed by atoms with Crippen molar-refractivity contribution in [3.63, 3.8) is 0 Å². The third kappa shape index (κ3) is 2.58. The van der Waals surface area contributed by atoms with Crippen molar-refractivity contribution in [1.29, 1.82) is 0 Å². The maximum absolute atomic E-state index is 13.1. The molecule has 1 saturated heterocycles. The number of anilines is 1. The number of amides is 3. The van der Waals surface area contributed by atoms with Crippen LogP contribution in [0, 0.1) is 0 Å². The van der Waals surface area contributed by atoms with Gasteiger partial charge in [0.1, 0.15) is 5.71 Å². The van der Waals surface area contributed by atoms with Gasteiger partial charge in [0.2, 0.25) is 11.8 Å². The van der Waals surface area contributed by atoms with Crippen LogP contribution in [0.2, 0.25) is 5.02 Å². The predicted octanol–water partition coefficient (Wildman–Crippen LogP) is 1.12. The molecule has 3 rings (SSSR count). The zero-order valence-electron chi connectivity index (χ0n) is 13.5. The lowest BCUT2D eigenvalue weighted by molar-refractivity contribution is -0.141. The average Bonchev–Trinajstić information content (AvgIpc) is 3.06. The van der Waals surface area contributed by atoms with E-state index in [4.69, 9.17) is 11.6 Å². The molecule has 2 aliphatic rings. The Hall–Kier alpha value is -2.74. The predicted molar refractivity (Wildman–Crippen MR) is 87.9 cm³/mol. The molecule has 1 fully saturated rings. The number of carbonyl (C=O) groups excluding carboxylic acids is 4. The van der Waals surface area contributed by atoms with E-state index in [1.54, 1.807) is 18.2 Å². The molecule has 0 unspecified atom stereocenters. The number of hydrogen-bond donors (Lipinski definition) is 0. The molecule has 2 heterocycles. The van der Waals surface area contributed by atoms with Gasteiger partial charge in [-0.1, -0.05) is 17.7 Å². The molecule has 0 radical (unpaired) electrons. The topological polar surface area (TPSA) is 96.3 Å². The summed E-state index contributed by atoms with van der Waals surface area (Å²) >= 11 is 5.93. The van der Waals surface area contributed by atoms with Gasteiger partial charge in [-0.2, -0.15) is 5.10 Å². The number of hydrogen-bond acceptors (Lipinski definition) is 6. The van der Waals surface area contributed by atoms with Crippen LogP contribution in [0.15, 0.2) is 29.4 Å². The zero-order chi connectivity index (χ0) is 18.4. The maximum Gasteiger partial charge on any atom is 0.354 e. The fourth-order valence-electron chi connectivity index (χ4n) is 3.11. The largest absolute Gasteiger partial charge is 0.464 e. The van der Waals surface area contributed by atoms with Gasteiger partial charge in [-0.15, -0.1) is 0 Å². The second-order valence-corrected chi connectivity index (χ2v) is 6.20. The van der Waals surface area contributed by atoms with Crippen molar-refractivity contribution in [3.05, 3.63) is 29.3 Å². The van der Waals surface area contributed by atoms with Gasteiger partial charge in [0.05, 0.1) is 19.2 Å². The van der Waals surface area contributed by atoms with E-state index in [1.165, 1.54) is 20.1 Å². The molecule has 0 bridgehead atoms. The number of esters is 1. The normalized spacial score (nSPS) is 22.6. The molecule has 0 saturated carbocycles. The van der Waals surface area contributed by atoms with Crippen molar-refractivity contribution in [2.45, 2.75) is 25.3 Å². The zero-order valence-corrected chi connectivity index (χ0v) is 14.2. The monoisotopic (exact) mass is 363 g/mol. The van der Waals surface area contributed by atoms with Gasteiger partial charge in [-0.05, 0) is 18.2 Å². The van der Waals surface area contributed by atoms with Crippen LogP contribution in [0.25, 0.3) is 0 Å². The minimum atomic E-state index is -1.55. The summed E-state index contributed by atoms with van der Waals surface area (Å²) in [7, 11) is 1.17. The number of nitrogens with zero attached hydrogens (tertiary/aromatic N) is 3. The van der Waals surface area contributed by atoms with E-state index in [0.29, 0.717) is 10.7 Å². The number of carbonyl (C=O) groups is 4. The lowest BCUT2D eigenvalue weighted by Gasteiger charge is -2.28. The lowest BCUT2D eigenvalue weighted by Crippen LogP contribution is -2.51. The molecule has 1 spiro atoms. The van der Waals surface area contributed by atoms with Crippen LogP contribution < -0.4 is 4.90 Å². The highest BCUT2D eigenvalue weighted by Crippen LogP contribution is 2.40. The molecule has 0 aliphatic carbocycles. The van der Waals surface area contributed by atoms with E-state index in [1.807, 2.05) is 0 Å². The highest BCUT2D eigenvalue weighted by Gasteiger charge is 2.61. The number of methoxy groups -OCH3 is 1. The number of benzene rings is 1. The summed E-state index contributed by atoms with van der Waals surface area (Å²) in [4.78, 5) is 50.3. The van der Waals surface area contributed by atoms with Crippen molar-refractivity contribution in [1.82, 2.24) is 5.01 Å². The van der Waals surface area contributed by atoms with Crippen molar-refractivity contribution in [3.8, 4) is 0 Å². The van der Waals surface area contributed by atoms with Gasteiger partial charge >= 0.3 is 5.97 Å². The van der Waals surface area contributed by atoms with E-state index in [9.17, 15) is 19.2 Å². The molecule has 9 heteroatoms. The highest BCUT2D eigenvalue weighted by atomic mass is 35.5. The molecule has 2 aliphatic heterocycles. The number of imide groups is 1. The smallest absolute Gasteiger partial charge is 0.354 e. The fraction of sp³-hybridized carbons (Fsp3) is 0.312. The van der Waals surface area contributed by atoms with Gasteiger partial charge in [-0.25, -0.2) is 14.7 Å². The van der Waals surface area contributed by atoms with Crippen molar-refractivity contribution in [2.75, 3.05) is 12.0 Å². The standard InChI is InChI=1S/C16H14ClN3O5/c1-9(21)20-16(7-12(18-20)14(23)25-2)8-13(22)19(15(16)24)11-5-3-4-10(17)6-11/h3-6H,7-8H2,1-2H3/t16-/m1/s1. The first-order chi connectivity index (χ1) is 11.8. The number of halogens is 1. The summed E-state index contributed by atoms with van der Waals surface area (Å²) in [6.07, 6.45) is -0.456. The number of rotatable bonds is 2. The Morgan fingerprint density at radius 1 is 1.28 bits per heavy atom. The molecule has 130 valence electrons. The molecule has 1 aromatic rings. The van der Waals surface area contributed by atoms with Crippen LogP contribution in [0.1, 0.15) is 19.8 Å². The minimum Gasteiger partial charge on any atom is -0.464 e. The minimum absolute atomic E-state index is 0.0770. The van der Waals surface area contributed by atoms with Gasteiger partial charge in [-0.3, -0.25) is 14.4 Å². The van der Waals surface area contributed by atoms with Crippen LogP contribution >= 0.6 is 11.6 Å². The SMILES string of the molecule is COC(=O)C1=NN(C(C)=O)[C@@]2(CC(=O)N(c3cccc(Cl)c3)C2=O)C1. The van der Waals surface area contributed by atoms with E-state index >= 15 is 0 Å². The first-order valence-electron chi connectivity index (χ1n) is 7.40. The first-order valence-corrected chi connectivity index (χ1v) is 7.77. The number of hydrazone groups is 1. The third-order valence-corrected chi connectivity index (χ3v) is 4.40. The van der Waals surface area contributed by atoms with Gasteiger partial charge in [0, 0.05) is 18.4 Å². The Kier molecular flexibility index (Phi) is 4.08. The van der Waals surface area contributed by atoms with Crippen molar-refractivity contribution < 1.29 is 23.9 Å². The Morgan fingerprint density at radius 3 is 2.60 bits per heavy atom. The van der Waals surface area contributed by atoms with Crippen LogP contribution in [-0.2, 0) is 23.9 Å². The summed E-state index contributed by atoms with van der Waals surface area (Å²) < 4.78 is 4.62. The molecule has 3 amide bonds. The Balaban J connectivity index is 2.03. The van der Waals surface area contributed by atoms with E-state index in [2.05, 4.69) is 9.84 Å². The molecule has 25 heavy (non-hydrogen) atoms. The van der Waals surface area contributed by atoms with Gasteiger partial charge < -0.3 is 4.74 Å². The molecule has 0 N–H and O–H groups in total. The van der Waals surface area contributed by atoms with E-state index in [0.717, 1.165) is 9.91 Å². The molecular formula is C16H14ClN3O5. The highest BCUT2D eigenvalue weighted by molar-refractivity contribution is 6.39. The van der Waals surface area contributed by atoms with Crippen LogP contribution in [-0.4, -0.2) is 47.1 Å². The van der Waals surface area contributed by atoms with Crippen molar-refractivity contribution >= 4 is 46.7 Å². The first kappa shape index (κ1) is 17.1.